The summed E-state index contributed by atoms with van der Waals surface area (Å²) in [5.74, 6) is 4.65. The summed E-state index contributed by atoms with van der Waals surface area (Å²) in [6, 6.07) is 0. The summed E-state index contributed by atoms with van der Waals surface area (Å²) in [6.45, 7) is 4.53. The maximum absolute atomic E-state index is 12.1. The van der Waals surface area contributed by atoms with Crippen molar-refractivity contribution in [1.82, 2.24) is 4.90 Å². The first-order valence-corrected chi connectivity index (χ1v) is 8.87. The summed E-state index contributed by atoms with van der Waals surface area (Å²) in [5, 5.41) is 0. The zero-order valence-corrected chi connectivity index (χ0v) is 13.3. The van der Waals surface area contributed by atoms with Gasteiger partial charge in [-0.25, -0.2) is 0 Å². The number of hydrogen-bond acceptors (Lipinski definition) is 2. The summed E-state index contributed by atoms with van der Waals surface area (Å²) in [5.41, 5.74) is 0. The van der Waals surface area contributed by atoms with Crippen molar-refractivity contribution >= 4 is 5.78 Å². The Bertz CT molecular complexity index is 353. The molecule has 0 aromatic heterocycles. The standard InChI is InChI=1S/C18H31NO/c1-3-13-5-7-18(20)17(8-13)12-19(2)11-16-10-14-4-6-15(16)9-14/h13-17H,3-12H2,1-2H3. The molecule has 0 aliphatic heterocycles. The second-order valence-corrected chi connectivity index (χ2v) is 7.87. The van der Waals surface area contributed by atoms with Crippen molar-refractivity contribution in [2.75, 3.05) is 20.1 Å². The highest BCUT2D eigenvalue weighted by atomic mass is 16.1. The predicted molar refractivity (Wildman–Crippen MR) is 82.6 cm³/mol. The Hall–Kier alpha value is -0.370. The molecule has 3 fully saturated rings. The maximum Gasteiger partial charge on any atom is 0.137 e. The lowest BCUT2D eigenvalue weighted by atomic mass is 9.79. The van der Waals surface area contributed by atoms with Crippen LogP contribution in [0.25, 0.3) is 0 Å². The first-order chi connectivity index (χ1) is 9.65. The van der Waals surface area contributed by atoms with Gasteiger partial charge in [-0.2, -0.15) is 0 Å². The van der Waals surface area contributed by atoms with Crippen LogP contribution in [-0.2, 0) is 4.79 Å². The fourth-order valence-electron chi connectivity index (χ4n) is 5.20. The number of nitrogens with zero attached hydrogens (tertiary/aromatic N) is 1. The Balaban J connectivity index is 1.48. The van der Waals surface area contributed by atoms with Gasteiger partial charge in [0.1, 0.15) is 5.78 Å². The van der Waals surface area contributed by atoms with Gasteiger partial charge in [0, 0.05) is 25.4 Å². The molecule has 2 bridgehead atoms. The van der Waals surface area contributed by atoms with Gasteiger partial charge < -0.3 is 4.90 Å². The maximum atomic E-state index is 12.1. The lowest BCUT2D eigenvalue weighted by Gasteiger charge is -2.33. The summed E-state index contributed by atoms with van der Waals surface area (Å²) in [4.78, 5) is 14.6. The van der Waals surface area contributed by atoms with E-state index in [1.807, 2.05) is 0 Å². The van der Waals surface area contributed by atoms with Crippen LogP contribution in [0.3, 0.4) is 0 Å². The van der Waals surface area contributed by atoms with Gasteiger partial charge in [0.25, 0.3) is 0 Å². The van der Waals surface area contributed by atoms with Crippen LogP contribution in [0.5, 0.6) is 0 Å². The zero-order chi connectivity index (χ0) is 14.1. The smallest absolute Gasteiger partial charge is 0.137 e. The van der Waals surface area contributed by atoms with E-state index in [0.717, 1.165) is 49.5 Å². The molecule has 0 heterocycles. The minimum absolute atomic E-state index is 0.331. The SMILES string of the molecule is CCC1CCC(=O)C(CN(C)CC2CC3CCC2C3)C1. The number of rotatable bonds is 5. The molecule has 0 amide bonds. The first kappa shape index (κ1) is 14.6. The quantitative estimate of drug-likeness (QED) is 0.763. The van der Waals surface area contributed by atoms with Crippen molar-refractivity contribution < 1.29 is 4.79 Å². The van der Waals surface area contributed by atoms with Crippen molar-refractivity contribution in [2.45, 2.75) is 58.3 Å². The highest BCUT2D eigenvalue weighted by molar-refractivity contribution is 5.81. The average Bonchev–Trinajstić information content (AvgIpc) is 3.03. The molecule has 0 radical (unpaired) electrons. The molecule has 0 spiro atoms. The Morgan fingerprint density at radius 3 is 2.60 bits per heavy atom. The molecule has 114 valence electrons. The largest absolute Gasteiger partial charge is 0.305 e. The van der Waals surface area contributed by atoms with Gasteiger partial charge in [-0.05, 0) is 62.8 Å². The van der Waals surface area contributed by atoms with E-state index in [1.165, 1.54) is 38.6 Å². The normalized spacial score (nSPS) is 40.8. The molecular formula is C18H31NO. The topological polar surface area (TPSA) is 20.3 Å². The molecule has 3 aliphatic carbocycles. The van der Waals surface area contributed by atoms with Gasteiger partial charge in [-0.3, -0.25) is 4.79 Å². The van der Waals surface area contributed by atoms with Crippen molar-refractivity contribution in [3.8, 4) is 0 Å². The third kappa shape index (κ3) is 3.10. The van der Waals surface area contributed by atoms with E-state index in [4.69, 9.17) is 0 Å². The monoisotopic (exact) mass is 277 g/mol. The Labute approximate surface area is 124 Å². The summed E-state index contributed by atoms with van der Waals surface area (Å²) in [7, 11) is 2.24. The lowest BCUT2D eigenvalue weighted by molar-refractivity contribution is -0.126. The van der Waals surface area contributed by atoms with Gasteiger partial charge in [-0.15, -0.1) is 0 Å². The molecule has 20 heavy (non-hydrogen) atoms. The Kier molecular flexibility index (Phi) is 4.49. The van der Waals surface area contributed by atoms with E-state index in [1.54, 1.807) is 0 Å². The fraction of sp³-hybridized carbons (Fsp3) is 0.944. The number of carbonyl (C=O) groups excluding carboxylic acids is 1. The highest BCUT2D eigenvalue weighted by Crippen LogP contribution is 2.48. The van der Waals surface area contributed by atoms with Crippen molar-refractivity contribution in [2.24, 2.45) is 29.6 Å². The predicted octanol–water partition coefficient (Wildman–Crippen LogP) is 3.75. The minimum Gasteiger partial charge on any atom is -0.305 e. The van der Waals surface area contributed by atoms with E-state index in [0.29, 0.717) is 11.7 Å². The second kappa shape index (κ2) is 6.17. The molecule has 3 aliphatic rings. The third-order valence-electron chi connectivity index (χ3n) is 6.41. The Morgan fingerprint density at radius 1 is 1.10 bits per heavy atom. The number of carbonyl (C=O) groups is 1. The van der Waals surface area contributed by atoms with Crippen molar-refractivity contribution in [3.05, 3.63) is 0 Å². The molecule has 2 nitrogen and oxygen atoms in total. The number of fused-ring (bicyclic) bond motifs is 2. The van der Waals surface area contributed by atoms with Gasteiger partial charge in [0.15, 0.2) is 0 Å². The highest BCUT2D eigenvalue weighted by Gasteiger charge is 2.40. The summed E-state index contributed by atoms with van der Waals surface area (Å²) >= 11 is 0. The van der Waals surface area contributed by atoms with Gasteiger partial charge in [0.05, 0.1) is 0 Å². The average molecular weight is 277 g/mol. The van der Waals surface area contributed by atoms with E-state index in [2.05, 4.69) is 18.9 Å². The van der Waals surface area contributed by atoms with E-state index < -0.39 is 0 Å². The minimum atomic E-state index is 0.331. The van der Waals surface area contributed by atoms with Crippen molar-refractivity contribution in [3.63, 3.8) is 0 Å². The molecule has 0 N–H and O–H groups in total. The van der Waals surface area contributed by atoms with Gasteiger partial charge in [0.2, 0.25) is 0 Å². The molecule has 5 unspecified atom stereocenters. The number of hydrogen-bond donors (Lipinski definition) is 0. The van der Waals surface area contributed by atoms with Crippen LogP contribution in [-0.4, -0.2) is 30.8 Å². The molecule has 0 saturated heterocycles. The molecule has 3 saturated carbocycles. The Morgan fingerprint density at radius 2 is 1.95 bits per heavy atom. The number of Topliss-reactive ketones (excluding diaryl/α,β-unsaturated/α-hetero) is 1. The van der Waals surface area contributed by atoms with Crippen LogP contribution in [0.4, 0.5) is 0 Å². The molecule has 2 heteroatoms. The van der Waals surface area contributed by atoms with E-state index in [9.17, 15) is 4.79 Å². The lowest BCUT2D eigenvalue weighted by Crippen LogP contribution is -2.37. The zero-order valence-electron chi connectivity index (χ0n) is 13.3. The van der Waals surface area contributed by atoms with Crippen LogP contribution >= 0.6 is 0 Å². The third-order valence-corrected chi connectivity index (χ3v) is 6.41. The number of ketones is 1. The molecule has 0 aromatic carbocycles. The second-order valence-electron chi connectivity index (χ2n) is 7.87. The van der Waals surface area contributed by atoms with Crippen molar-refractivity contribution in [1.29, 1.82) is 0 Å². The van der Waals surface area contributed by atoms with Crippen LogP contribution in [0, 0.1) is 29.6 Å². The van der Waals surface area contributed by atoms with E-state index >= 15 is 0 Å². The van der Waals surface area contributed by atoms with Crippen LogP contribution in [0.15, 0.2) is 0 Å². The van der Waals surface area contributed by atoms with Crippen LogP contribution < -0.4 is 0 Å². The molecule has 3 rings (SSSR count). The molecule has 0 aromatic rings. The van der Waals surface area contributed by atoms with Crippen LogP contribution in [0.1, 0.15) is 58.3 Å². The summed E-state index contributed by atoms with van der Waals surface area (Å²) in [6.07, 6.45) is 10.3. The van der Waals surface area contributed by atoms with Crippen LogP contribution in [0.2, 0.25) is 0 Å². The van der Waals surface area contributed by atoms with Gasteiger partial charge in [-0.1, -0.05) is 19.8 Å². The van der Waals surface area contributed by atoms with Gasteiger partial charge >= 0.3 is 0 Å². The fourth-order valence-corrected chi connectivity index (χ4v) is 5.20. The summed E-state index contributed by atoms with van der Waals surface area (Å²) < 4.78 is 0. The molecule has 5 atom stereocenters. The first-order valence-electron chi connectivity index (χ1n) is 8.87. The van der Waals surface area contributed by atoms with E-state index in [-0.39, 0.29) is 0 Å². The molecular weight excluding hydrogens is 246 g/mol.